The molecule has 1 aromatic carbocycles. The van der Waals surface area contributed by atoms with Crippen LogP contribution >= 0.6 is 23.2 Å². The lowest BCUT2D eigenvalue weighted by molar-refractivity contribution is -0.134. The molecular weight excluding hydrogens is 223 g/mol. The van der Waals surface area contributed by atoms with Crippen LogP contribution in [-0.4, -0.2) is 13.1 Å². The Morgan fingerprint density at radius 1 is 1.29 bits per heavy atom. The largest absolute Gasteiger partial charge is 0.466 e. The average molecular weight is 231 g/mol. The highest BCUT2D eigenvalue weighted by molar-refractivity contribution is 6.34. The zero-order valence-corrected chi connectivity index (χ0v) is 8.97. The van der Waals surface area contributed by atoms with Crippen molar-refractivity contribution in [2.45, 2.75) is 0 Å². The van der Waals surface area contributed by atoms with Crippen LogP contribution in [0.25, 0.3) is 6.08 Å². The minimum atomic E-state index is -0.416. The summed E-state index contributed by atoms with van der Waals surface area (Å²) in [7, 11) is 1.32. The van der Waals surface area contributed by atoms with Crippen molar-refractivity contribution in [3.63, 3.8) is 0 Å². The Labute approximate surface area is 92.1 Å². The van der Waals surface area contributed by atoms with E-state index in [9.17, 15) is 4.79 Å². The number of hydrogen-bond donors (Lipinski definition) is 0. The molecule has 4 heteroatoms. The van der Waals surface area contributed by atoms with Gasteiger partial charge < -0.3 is 4.74 Å². The van der Waals surface area contributed by atoms with E-state index in [2.05, 4.69) is 4.74 Å². The molecule has 0 N–H and O–H groups in total. The first-order valence-electron chi connectivity index (χ1n) is 3.84. The fourth-order valence-electron chi connectivity index (χ4n) is 0.904. The number of carbonyl (C=O) groups excluding carboxylic acids is 1. The van der Waals surface area contributed by atoms with Gasteiger partial charge in [0.1, 0.15) is 0 Å². The van der Waals surface area contributed by atoms with Crippen LogP contribution in [0.3, 0.4) is 0 Å². The zero-order chi connectivity index (χ0) is 10.6. The van der Waals surface area contributed by atoms with Crippen molar-refractivity contribution in [1.29, 1.82) is 0 Å². The smallest absolute Gasteiger partial charge is 0.330 e. The van der Waals surface area contributed by atoms with Gasteiger partial charge in [-0.1, -0.05) is 23.2 Å². The molecule has 0 fully saturated rings. The molecule has 1 aromatic rings. The molecule has 14 heavy (non-hydrogen) atoms. The van der Waals surface area contributed by atoms with Crippen LogP contribution < -0.4 is 0 Å². The van der Waals surface area contributed by atoms with Crippen LogP contribution in [0, 0.1) is 0 Å². The van der Waals surface area contributed by atoms with Gasteiger partial charge >= 0.3 is 5.97 Å². The summed E-state index contributed by atoms with van der Waals surface area (Å²) < 4.78 is 4.44. The molecule has 0 aliphatic carbocycles. The fraction of sp³-hybridized carbons (Fsp3) is 0.100. The molecule has 0 aromatic heterocycles. The molecule has 0 saturated heterocycles. The van der Waals surface area contributed by atoms with Gasteiger partial charge in [0, 0.05) is 16.1 Å². The second-order valence-corrected chi connectivity index (χ2v) is 3.43. The van der Waals surface area contributed by atoms with Crippen molar-refractivity contribution in [1.82, 2.24) is 0 Å². The molecule has 0 radical (unpaired) electrons. The monoisotopic (exact) mass is 230 g/mol. The number of esters is 1. The summed E-state index contributed by atoms with van der Waals surface area (Å²) in [5.41, 5.74) is 0.757. The molecule has 0 aliphatic heterocycles. The Hall–Kier alpha value is -0.990. The Morgan fingerprint density at radius 3 is 2.36 bits per heavy atom. The van der Waals surface area contributed by atoms with E-state index in [1.807, 2.05) is 0 Å². The number of methoxy groups -OCH3 is 1. The predicted molar refractivity (Wildman–Crippen MR) is 57.5 cm³/mol. The van der Waals surface area contributed by atoms with Gasteiger partial charge in [0.05, 0.1) is 7.11 Å². The lowest BCUT2D eigenvalue weighted by Crippen LogP contribution is -1.93. The molecule has 0 heterocycles. The Balaban J connectivity index is 2.86. The number of halogens is 2. The van der Waals surface area contributed by atoms with Gasteiger partial charge in [-0.2, -0.15) is 0 Å². The normalized spacial score (nSPS) is 10.5. The van der Waals surface area contributed by atoms with E-state index in [1.54, 1.807) is 24.3 Å². The van der Waals surface area contributed by atoms with Crippen molar-refractivity contribution in [2.24, 2.45) is 0 Å². The average Bonchev–Trinajstić information content (AvgIpc) is 2.12. The van der Waals surface area contributed by atoms with Crippen molar-refractivity contribution in [3.05, 3.63) is 39.9 Å². The quantitative estimate of drug-likeness (QED) is 0.577. The standard InChI is InChI=1S/C10H8Cl2O2/c1-14-10(13)3-2-7-4-8(11)6-9(12)5-7/h2-6H,1H3. The third-order valence-electron chi connectivity index (χ3n) is 1.50. The van der Waals surface area contributed by atoms with Crippen molar-refractivity contribution in [3.8, 4) is 0 Å². The van der Waals surface area contributed by atoms with Crippen LogP contribution in [0.15, 0.2) is 24.3 Å². The van der Waals surface area contributed by atoms with Crippen molar-refractivity contribution < 1.29 is 9.53 Å². The maximum absolute atomic E-state index is 10.8. The van der Waals surface area contributed by atoms with Gasteiger partial charge in [-0.25, -0.2) is 4.79 Å². The molecule has 0 atom stereocenters. The summed E-state index contributed by atoms with van der Waals surface area (Å²) in [5, 5.41) is 1.06. The second-order valence-electron chi connectivity index (χ2n) is 2.56. The SMILES string of the molecule is COC(=O)C=Cc1cc(Cl)cc(Cl)c1. The number of carbonyl (C=O) groups is 1. The number of ether oxygens (including phenoxy) is 1. The summed E-state index contributed by atoms with van der Waals surface area (Å²) in [6, 6.07) is 5.03. The Bertz CT molecular complexity index is 352. The second kappa shape index (κ2) is 5.03. The first-order valence-corrected chi connectivity index (χ1v) is 4.59. The van der Waals surface area contributed by atoms with Crippen LogP contribution in [0.5, 0.6) is 0 Å². The Kier molecular flexibility index (Phi) is 3.98. The molecule has 1 rings (SSSR count). The highest BCUT2D eigenvalue weighted by atomic mass is 35.5. The zero-order valence-electron chi connectivity index (χ0n) is 7.46. The minimum Gasteiger partial charge on any atom is -0.466 e. The Morgan fingerprint density at radius 2 is 1.86 bits per heavy atom. The first-order chi connectivity index (χ1) is 6.61. The van der Waals surface area contributed by atoms with Crippen LogP contribution in [-0.2, 0) is 9.53 Å². The first kappa shape index (κ1) is 11.1. The van der Waals surface area contributed by atoms with Crippen molar-refractivity contribution in [2.75, 3.05) is 7.11 Å². The molecule has 0 bridgehead atoms. The predicted octanol–water partition coefficient (Wildman–Crippen LogP) is 3.18. The maximum Gasteiger partial charge on any atom is 0.330 e. The minimum absolute atomic E-state index is 0.416. The molecule has 0 aliphatic rings. The van der Waals surface area contributed by atoms with Gasteiger partial charge in [0.2, 0.25) is 0 Å². The van der Waals surface area contributed by atoms with E-state index in [0.717, 1.165) is 5.56 Å². The topological polar surface area (TPSA) is 26.3 Å². The van der Waals surface area contributed by atoms with E-state index < -0.39 is 5.97 Å². The van der Waals surface area contributed by atoms with Crippen molar-refractivity contribution >= 4 is 35.2 Å². The number of hydrogen-bond acceptors (Lipinski definition) is 2. The summed E-state index contributed by atoms with van der Waals surface area (Å²) in [4.78, 5) is 10.8. The molecule has 0 unspecified atom stereocenters. The van der Waals surface area contributed by atoms with Crippen LogP contribution in [0.2, 0.25) is 10.0 Å². The summed E-state index contributed by atoms with van der Waals surface area (Å²) in [6.07, 6.45) is 2.89. The van der Waals surface area contributed by atoms with Gasteiger partial charge in [-0.3, -0.25) is 0 Å². The van der Waals surface area contributed by atoms with Gasteiger partial charge in [-0.05, 0) is 29.8 Å². The van der Waals surface area contributed by atoms with Crippen LogP contribution in [0.4, 0.5) is 0 Å². The third kappa shape index (κ3) is 3.40. The number of rotatable bonds is 2. The van der Waals surface area contributed by atoms with E-state index in [-0.39, 0.29) is 0 Å². The highest BCUT2D eigenvalue weighted by Crippen LogP contribution is 2.19. The fourth-order valence-corrected chi connectivity index (χ4v) is 1.45. The lowest BCUT2D eigenvalue weighted by atomic mass is 10.2. The van der Waals surface area contributed by atoms with Gasteiger partial charge in [0.15, 0.2) is 0 Å². The molecule has 0 saturated carbocycles. The van der Waals surface area contributed by atoms with Gasteiger partial charge in [-0.15, -0.1) is 0 Å². The maximum atomic E-state index is 10.8. The molecule has 0 amide bonds. The molecule has 2 nitrogen and oxygen atoms in total. The van der Waals surface area contributed by atoms with E-state index in [4.69, 9.17) is 23.2 Å². The molecule has 74 valence electrons. The van der Waals surface area contributed by atoms with Crippen LogP contribution in [0.1, 0.15) is 5.56 Å². The lowest BCUT2D eigenvalue weighted by Gasteiger charge is -1.96. The van der Waals surface area contributed by atoms with E-state index >= 15 is 0 Å². The summed E-state index contributed by atoms with van der Waals surface area (Å²) in [6.45, 7) is 0. The summed E-state index contributed by atoms with van der Waals surface area (Å²) >= 11 is 11.5. The highest BCUT2D eigenvalue weighted by Gasteiger charge is 1.96. The third-order valence-corrected chi connectivity index (χ3v) is 1.93. The summed E-state index contributed by atoms with van der Waals surface area (Å²) in [5.74, 6) is -0.416. The molecule has 0 spiro atoms. The molecular formula is C10H8Cl2O2. The van der Waals surface area contributed by atoms with E-state index in [0.29, 0.717) is 10.0 Å². The van der Waals surface area contributed by atoms with E-state index in [1.165, 1.54) is 13.2 Å². The number of benzene rings is 1. The van der Waals surface area contributed by atoms with Gasteiger partial charge in [0.25, 0.3) is 0 Å².